The lowest BCUT2D eigenvalue weighted by Gasteiger charge is -2.06. The van der Waals surface area contributed by atoms with Crippen molar-refractivity contribution >= 4 is 16.5 Å². The Morgan fingerprint density at radius 2 is 2.27 bits per heavy atom. The number of thiazole rings is 1. The minimum absolute atomic E-state index is 0.748. The van der Waals surface area contributed by atoms with Gasteiger partial charge in [-0.15, -0.1) is 11.3 Å². The van der Waals surface area contributed by atoms with Crippen molar-refractivity contribution in [1.29, 1.82) is 0 Å². The summed E-state index contributed by atoms with van der Waals surface area (Å²) < 4.78 is 0. The molecule has 0 bridgehead atoms. The molecule has 0 spiro atoms. The van der Waals surface area contributed by atoms with Crippen molar-refractivity contribution in [1.82, 2.24) is 9.97 Å². The van der Waals surface area contributed by atoms with Gasteiger partial charge in [-0.2, -0.15) is 0 Å². The molecule has 2 rings (SSSR count). The van der Waals surface area contributed by atoms with Gasteiger partial charge in [0, 0.05) is 17.8 Å². The summed E-state index contributed by atoms with van der Waals surface area (Å²) in [5, 5.41) is 6.17. The minimum Gasteiger partial charge on any atom is -0.356 e. The largest absolute Gasteiger partial charge is 0.356 e. The van der Waals surface area contributed by atoms with Crippen LogP contribution in [0.2, 0.25) is 0 Å². The molecule has 1 N–H and O–H groups in total. The summed E-state index contributed by atoms with van der Waals surface area (Å²) in [6, 6.07) is 4.09. The van der Waals surface area contributed by atoms with E-state index in [4.69, 9.17) is 0 Å². The van der Waals surface area contributed by atoms with Gasteiger partial charge >= 0.3 is 0 Å². The summed E-state index contributed by atoms with van der Waals surface area (Å²) in [6.07, 6.45) is 4.65. The fourth-order valence-corrected chi connectivity index (χ4v) is 1.95. The fourth-order valence-electron chi connectivity index (χ4n) is 1.42. The van der Waals surface area contributed by atoms with Crippen molar-refractivity contribution in [2.24, 2.45) is 0 Å². The van der Waals surface area contributed by atoms with Gasteiger partial charge < -0.3 is 5.32 Å². The highest BCUT2D eigenvalue weighted by atomic mass is 32.1. The Hall–Kier alpha value is -1.42. The van der Waals surface area contributed by atoms with Gasteiger partial charge in [0.25, 0.3) is 0 Å². The van der Waals surface area contributed by atoms with E-state index in [1.807, 2.05) is 17.6 Å². The van der Waals surface area contributed by atoms with Crippen LogP contribution in [0.15, 0.2) is 29.9 Å². The third-order valence-electron chi connectivity index (χ3n) is 2.20. The Morgan fingerprint density at radius 3 is 3.00 bits per heavy atom. The first-order valence-corrected chi connectivity index (χ1v) is 5.84. The van der Waals surface area contributed by atoms with Crippen LogP contribution >= 0.6 is 11.3 Å². The quantitative estimate of drug-likeness (QED) is 0.859. The van der Waals surface area contributed by atoms with Gasteiger partial charge in [0.1, 0.15) is 0 Å². The number of hydrogen-bond donors (Lipinski definition) is 1. The highest BCUT2D eigenvalue weighted by Gasteiger charge is 2.01. The summed E-state index contributed by atoms with van der Waals surface area (Å²) >= 11 is 1.61. The lowest BCUT2D eigenvalue weighted by Crippen LogP contribution is -2.04. The maximum absolute atomic E-state index is 4.36. The molecule has 0 saturated carbocycles. The van der Waals surface area contributed by atoms with Crippen LogP contribution in [-0.2, 0) is 13.0 Å². The first kappa shape index (κ1) is 10.1. The minimum atomic E-state index is 0.748. The molecule has 2 aromatic heterocycles. The maximum Gasteiger partial charge on any atom is 0.182 e. The highest BCUT2D eigenvalue weighted by Crippen LogP contribution is 2.13. The van der Waals surface area contributed by atoms with E-state index in [1.165, 1.54) is 5.56 Å². The average molecular weight is 219 g/mol. The number of aryl methyl sites for hydroxylation is 1. The Balaban J connectivity index is 2.04. The number of rotatable bonds is 4. The monoisotopic (exact) mass is 219 g/mol. The Labute approximate surface area is 93.2 Å². The van der Waals surface area contributed by atoms with Crippen LogP contribution in [0.1, 0.15) is 18.2 Å². The second-order valence-electron chi connectivity index (χ2n) is 3.15. The van der Waals surface area contributed by atoms with Crippen LogP contribution in [0.3, 0.4) is 0 Å². The van der Waals surface area contributed by atoms with Crippen LogP contribution in [0.4, 0.5) is 5.13 Å². The lowest BCUT2D eigenvalue weighted by molar-refractivity contribution is 0.969. The van der Waals surface area contributed by atoms with Gasteiger partial charge in [0.2, 0.25) is 0 Å². The average Bonchev–Trinajstić information content (AvgIpc) is 2.79. The SMILES string of the molecule is CCc1cccnc1CNc1nccs1. The maximum atomic E-state index is 4.36. The van der Waals surface area contributed by atoms with Gasteiger partial charge in [-0.05, 0) is 18.1 Å². The van der Waals surface area contributed by atoms with Crippen LogP contribution in [0.5, 0.6) is 0 Å². The zero-order chi connectivity index (χ0) is 10.5. The highest BCUT2D eigenvalue weighted by molar-refractivity contribution is 7.13. The van der Waals surface area contributed by atoms with Crippen molar-refractivity contribution in [2.45, 2.75) is 19.9 Å². The molecule has 0 radical (unpaired) electrons. The molecule has 2 aromatic rings. The van der Waals surface area contributed by atoms with Gasteiger partial charge in [-0.1, -0.05) is 13.0 Å². The number of nitrogens with one attached hydrogen (secondary N) is 1. The molecule has 0 fully saturated rings. The molecule has 15 heavy (non-hydrogen) atoms. The van der Waals surface area contributed by atoms with E-state index in [2.05, 4.69) is 28.3 Å². The molecule has 0 amide bonds. The normalized spacial score (nSPS) is 10.2. The molecular weight excluding hydrogens is 206 g/mol. The number of anilines is 1. The first-order chi connectivity index (χ1) is 7.40. The third kappa shape index (κ3) is 2.53. The molecule has 0 saturated heterocycles. The summed E-state index contributed by atoms with van der Waals surface area (Å²) in [7, 11) is 0. The Kier molecular flexibility index (Phi) is 3.29. The Morgan fingerprint density at radius 1 is 1.33 bits per heavy atom. The zero-order valence-corrected chi connectivity index (χ0v) is 9.42. The molecule has 0 unspecified atom stereocenters. The van der Waals surface area contributed by atoms with Crippen molar-refractivity contribution in [2.75, 3.05) is 5.32 Å². The second kappa shape index (κ2) is 4.89. The van der Waals surface area contributed by atoms with Crippen molar-refractivity contribution in [3.05, 3.63) is 41.2 Å². The van der Waals surface area contributed by atoms with Crippen molar-refractivity contribution in [3.63, 3.8) is 0 Å². The van der Waals surface area contributed by atoms with E-state index in [-0.39, 0.29) is 0 Å². The van der Waals surface area contributed by atoms with Gasteiger partial charge in [-0.25, -0.2) is 4.98 Å². The van der Waals surface area contributed by atoms with E-state index >= 15 is 0 Å². The first-order valence-electron chi connectivity index (χ1n) is 4.96. The number of aromatic nitrogens is 2. The van der Waals surface area contributed by atoms with E-state index in [9.17, 15) is 0 Å². The smallest absolute Gasteiger partial charge is 0.182 e. The fraction of sp³-hybridized carbons (Fsp3) is 0.273. The van der Waals surface area contributed by atoms with E-state index in [0.717, 1.165) is 23.8 Å². The summed E-state index contributed by atoms with van der Waals surface area (Å²) in [5.74, 6) is 0. The van der Waals surface area contributed by atoms with Crippen LogP contribution in [0.25, 0.3) is 0 Å². The van der Waals surface area contributed by atoms with Gasteiger partial charge in [0.15, 0.2) is 5.13 Å². The molecule has 78 valence electrons. The topological polar surface area (TPSA) is 37.8 Å². The number of pyridine rings is 1. The molecule has 4 heteroatoms. The molecule has 0 aromatic carbocycles. The number of hydrogen-bond acceptors (Lipinski definition) is 4. The van der Waals surface area contributed by atoms with E-state index in [1.54, 1.807) is 17.5 Å². The van der Waals surface area contributed by atoms with Crippen LogP contribution in [0, 0.1) is 0 Å². The second-order valence-corrected chi connectivity index (χ2v) is 4.05. The molecule has 0 aliphatic rings. The molecule has 0 aliphatic heterocycles. The molecule has 3 nitrogen and oxygen atoms in total. The van der Waals surface area contributed by atoms with E-state index < -0.39 is 0 Å². The molecule has 2 heterocycles. The predicted molar refractivity (Wildman–Crippen MR) is 63.1 cm³/mol. The Bertz CT molecular complexity index is 412. The molecule has 0 aliphatic carbocycles. The molecule has 0 atom stereocenters. The van der Waals surface area contributed by atoms with E-state index in [0.29, 0.717) is 0 Å². The van der Waals surface area contributed by atoms with Crippen LogP contribution in [-0.4, -0.2) is 9.97 Å². The lowest BCUT2D eigenvalue weighted by atomic mass is 10.1. The summed E-state index contributed by atoms with van der Waals surface area (Å²) in [6.45, 7) is 2.89. The summed E-state index contributed by atoms with van der Waals surface area (Å²) in [4.78, 5) is 8.53. The molecular formula is C11H13N3S. The third-order valence-corrected chi connectivity index (χ3v) is 2.94. The zero-order valence-electron chi connectivity index (χ0n) is 8.60. The van der Waals surface area contributed by atoms with Gasteiger partial charge in [-0.3, -0.25) is 4.98 Å². The summed E-state index contributed by atoms with van der Waals surface area (Å²) in [5.41, 5.74) is 2.40. The van der Waals surface area contributed by atoms with Gasteiger partial charge in [0.05, 0.1) is 12.2 Å². The van der Waals surface area contributed by atoms with Crippen molar-refractivity contribution < 1.29 is 0 Å². The van der Waals surface area contributed by atoms with Crippen molar-refractivity contribution in [3.8, 4) is 0 Å². The standard InChI is InChI=1S/C11H13N3S/c1-2-9-4-3-5-12-10(9)8-14-11-13-6-7-15-11/h3-7H,2,8H2,1H3,(H,13,14). The number of nitrogens with zero attached hydrogens (tertiary/aromatic N) is 2. The predicted octanol–water partition coefficient (Wildman–Crippen LogP) is 2.71. The van der Waals surface area contributed by atoms with Crippen LogP contribution < -0.4 is 5.32 Å².